The van der Waals surface area contributed by atoms with Crippen molar-refractivity contribution in [2.24, 2.45) is 0 Å². The molecule has 0 amide bonds. The van der Waals surface area contributed by atoms with Crippen LogP contribution in [0.1, 0.15) is 71.1 Å². The Morgan fingerprint density at radius 3 is 2.41 bits per heavy atom. The van der Waals surface area contributed by atoms with Gasteiger partial charge in [0.2, 0.25) is 0 Å². The number of hydrogen-bond acceptors (Lipinski definition) is 4. The molecule has 29 heavy (non-hydrogen) atoms. The van der Waals surface area contributed by atoms with Gasteiger partial charge < -0.3 is 9.84 Å². The molecule has 0 aromatic heterocycles. The van der Waals surface area contributed by atoms with Crippen LogP contribution < -0.4 is 0 Å². The predicted molar refractivity (Wildman–Crippen MR) is 105 cm³/mol. The van der Waals surface area contributed by atoms with Crippen LogP contribution in [0, 0.1) is 0 Å². The second-order valence-corrected chi connectivity index (χ2v) is 7.26. The topological polar surface area (TPSA) is 63.6 Å². The van der Waals surface area contributed by atoms with Crippen LogP contribution in [0.15, 0.2) is 35.5 Å². The van der Waals surface area contributed by atoms with Crippen molar-refractivity contribution in [1.29, 1.82) is 0 Å². The van der Waals surface area contributed by atoms with Crippen LogP contribution in [0.25, 0.3) is 0 Å². The normalized spacial score (nSPS) is 21.2. The maximum absolute atomic E-state index is 13.2. The summed E-state index contributed by atoms with van der Waals surface area (Å²) in [4.78, 5) is 23.3. The molecule has 0 saturated heterocycles. The minimum Gasteiger partial charge on any atom is -0.469 e. The number of allylic oxidation sites excluding steroid dienone is 3. The van der Waals surface area contributed by atoms with Gasteiger partial charge in [0.1, 0.15) is 11.2 Å². The van der Waals surface area contributed by atoms with Gasteiger partial charge in [0.15, 0.2) is 5.78 Å². The third kappa shape index (κ3) is 8.17. The van der Waals surface area contributed by atoms with E-state index >= 15 is 0 Å². The van der Waals surface area contributed by atoms with E-state index in [-0.39, 0.29) is 18.0 Å². The summed E-state index contributed by atoms with van der Waals surface area (Å²) >= 11 is 0. The molecule has 1 unspecified atom stereocenters. The summed E-state index contributed by atoms with van der Waals surface area (Å²) in [5.74, 6) is -1.49. The maximum atomic E-state index is 13.2. The van der Waals surface area contributed by atoms with Gasteiger partial charge in [-0.25, -0.2) is 0 Å². The first-order valence-corrected chi connectivity index (χ1v) is 10.2. The van der Waals surface area contributed by atoms with Crippen molar-refractivity contribution in [3.8, 4) is 0 Å². The summed E-state index contributed by atoms with van der Waals surface area (Å²) in [6.07, 6.45) is 7.26. The van der Waals surface area contributed by atoms with E-state index in [1.54, 1.807) is 6.08 Å². The monoisotopic (exact) mass is 416 g/mol. The van der Waals surface area contributed by atoms with E-state index in [4.69, 9.17) is 0 Å². The van der Waals surface area contributed by atoms with E-state index in [1.165, 1.54) is 19.3 Å². The second-order valence-electron chi connectivity index (χ2n) is 7.26. The number of methoxy groups -OCH3 is 1. The highest BCUT2D eigenvalue weighted by Gasteiger charge is 2.50. The average molecular weight is 416 g/mol. The van der Waals surface area contributed by atoms with Crippen molar-refractivity contribution in [3.05, 3.63) is 35.5 Å². The molecule has 7 heteroatoms. The first kappa shape index (κ1) is 25.1. The van der Waals surface area contributed by atoms with Crippen molar-refractivity contribution in [1.82, 2.24) is 0 Å². The summed E-state index contributed by atoms with van der Waals surface area (Å²) in [6, 6.07) is 0. The van der Waals surface area contributed by atoms with E-state index in [1.807, 2.05) is 0 Å². The molecule has 1 atom stereocenters. The van der Waals surface area contributed by atoms with E-state index in [2.05, 4.69) is 11.7 Å². The number of rotatable bonds is 12. The Kier molecular flexibility index (Phi) is 10.4. The van der Waals surface area contributed by atoms with Crippen molar-refractivity contribution in [2.75, 3.05) is 7.11 Å². The Morgan fingerprint density at radius 1 is 1.14 bits per heavy atom. The molecule has 0 aromatic carbocycles. The molecule has 0 radical (unpaired) electrons. The van der Waals surface area contributed by atoms with Gasteiger partial charge in [-0.05, 0) is 44.3 Å². The van der Waals surface area contributed by atoms with Crippen LogP contribution in [0.2, 0.25) is 0 Å². The second kappa shape index (κ2) is 12.0. The summed E-state index contributed by atoms with van der Waals surface area (Å²) in [7, 11) is 1.31. The molecule has 1 aliphatic carbocycles. The average Bonchev–Trinajstić information content (AvgIpc) is 2.92. The quantitative estimate of drug-likeness (QED) is 0.201. The standard InChI is InChI=1S/C22H31F3O4/c1-3-4-5-6-9-12-15-21(28)16-18(22(23,24)25)20(27)17(21)13-10-7-8-11-14-19(26)29-2/h12-13,15-16,28H,3-11,14H2,1-2H3/b15-12+,17-13-. The molecule has 1 N–H and O–H groups in total. The molecular weight excluding hydrogens is 385 g/mol. The van der Waals surface area contributed by atoms with Gasteiger partial charge in [-0.2, -0.15) is 13.2 Å². The molecule has 1 aliphatic rings. The molecule has 0 fully saturated rings. The number of hydrogen-bond donors (Lipinski definition) is 1. The molecule has 0 saturated carbocycles. The van der Waals surface area contributed by atoms with Crippen molar-refractivity contribution >= 4 is 11.8 Å². The summed E-state index contributed by atoms with van der Waals surface area (Å²) in [6.45, 7) is 2.08. The number of ether oxygens (including phenoxy) is 1. The molecule has 0 aliphatic heterocycles. The molecule has 0 spiro atoms. The zero-order chi connectivity index (χ0) is 21.9. The lowest BCUT2D eigenvalue weighted by molar-refractivity contribution is -0.140. The highest BCUT2D eigenvalue weighted by atomic mass is 19.4. The lowest BCUT2D eigenvalue weighted by Crippen LogP contribution is -2.25. The van der Waals surface area contributed by atoms with Gasteiger partial charge in [0, 0.05) is 12.0 Å². The molecule has 0 bridgehead atoms. The lowest BCUT2D eigenvalue weighted by Gasteiger charge is -2.18. The third-order valence-electron chi connectivity index (χ3n) is 4.85. The number of carbonyl (C=O) groups is 2. The lowest BCUT2D eigenvalue weighted by atomic mass is 9.93. The van der Waals surface area contributed by atoms with Gasteiger partial charge in [-0.3, -0.25) is 9.59 Å². The molecule has 0 heterocycles. The van der Waals surface area contributed by atoms with Crippen molar-refractivity contribution < 1.29 is 32.6 Å². The summed E-state index contributed by atoms with van der Waals surface area (Å²) in [5.41, 5.74) is -3.60. The first-order valence-electron chi connectivity index (χ1n) is 10.2. The number of esters is 1. The zero-order valence-electron chi connectivity index (χ0n) is 17.2. The van der Waals surface area contributed by atoms with Gasteiger partial charge in [-0.1, -0.05) is 44.8 Å². The summed E-state index contributed by atoms with van der Waals surface area (Å²) in [5, 5.41) is 10.8. The molecule has 0 aromatic rings. The van der Waals surface area contributed by atoms with Crippen LogP contribution in [0.3, 0.4) is 0 Å². The number of carbonyl (C=O) groups excluding carboxylic acids is 2. The minimum absolute atomic E-state index is 0.248. The molecule has 4 nitrogen and oxygen atoms in total. The Bertz CT molecular complexity index is 647. The fraction of sp³-hybridized carbons (Fsp3) is 0.636. The highest BCUT2D eigenvalue weighted by molar-refractivity contribution is 6.14. The van der Waals surface area contributed by atoms with E-state index < -0.39 is 23.1 Å². The Balaban J connectivity index is 2.78. The largest absolute Gasteiger partial charge is 0.469 e. The van der Waals surface area contributed by atoms with Crippen LogP contribution in [-0.2, 0) is 14.3 Å². The smallest absolute Gasteiger partial charge is 0.419 e. The van der Waals surface area contributed by atoms with Crippen LogP contribution in [0.5, 0.6) is 0 Å². The highest BCUT2D eigenvalue weighted by Crippen LogP contribution is 2.40. The zero-order valence-corrected chi connectivity index (χ0v) is 17.2. The molecular formula is C22H31F3O4. The Morgan fingerprint density at radius 2 is 1.79 bits per heavy atom. The van der Waals surface area contributed by atoms with Crippen molar-refractivity contribution in [2.45, 2.75) is 82.9 Å². The number of unbranched alkanes of at least 4 members (excludes halogenated alkanes) is 7. The predicted octanol–water partition coefficient (Wildman–Crippen LogP) is 5.37. The maximum Gasteiger partial charge on any atom is 0.419 e. The van der Waals surface area contributed by atoms with Gasteiger partial charge >= 0.3 is 12.1 Å². The Labute approximate surface area is 170 Å². The van der Waals surface area contributed by atoms with Gasteiger partial charge in [-0.15, -0.1) is 0 Å². The number of Topliss-reactive ketones (excluding diaryl/α,β-unsaturated/α-hetero) is 1. The van der Waals surface area contributed by atoms with Crippen LogP contribution in [-0.4, -0.2) is 35.7 Å². The SMILES string of the molecule is CCCCCC/C=C/C1(O)C=C(C(F)(F)F)C(=O)/C1=C/CCCCCC(=O)OC. The summed E-state index contributed by atoms with van der Waals surface area (Å²) < 4.78 is 44.0. The fourth-order valence-corrected chi connectivity index (χ4v) is 3.19. The van der Waals surface area contributed by atoms with Crippen molar-refractivity contribution in [3.63, 3.8) is 0 Å². The van der Waals surface area contributed by atoms with E-state index in [0.29, 0.717) is 38.2 Å². The fourth-order valence-electron chi connectivity index (χ4n) is 3.19. The van der Waals surface area contributed by atoms with Crippen LogP contribution in [0.4, 0.5) is 13.2 Å². The molecule has 1 rings (SSSR count). The van der Waals surface area contributed by atoms with Gasteiger partial charge in [0.05, 0.1) is 7.11 Å². The molecule has 164 valence electrons. The number of aliphatic hydroxyl groups is 1. The third-order valence-corrected chi connectivity index (χ3v) is 4.85. The number of halogens is 3. The first-order chi connectivity index (χ1) is 13.7. The van der Waals surface area contributed by atoms with Crippen LogP contribution >= 0.6 is 0 Å². The van der Waals surface area contributed by atoms with Gasteiger partial charge in [0.25, 0.3) is 0 Å². The minimum atomic E-state index is -4.81. The van der Waals surface area contributed by atoms with E-state index in [0.717, 1.165) is 25.7 Å². The Hall–Kier alpha value is -1.89. The van der Waals surface area contributed by atoms with E-state index in [9.17, 15) is 27.9 Å². The number of ketones is 1. The number of alkyl halides is 3.